The lowest BCUT2D eigenvalue weighted by Crippen LogP contribution is -2.39. The van der Waals surface area contributed by atoms with E-state index >= 15 is 0 Å². The molecule has 1 saturated carbocycles. The molecule has 0 spiro atoms. The van der Waals surface area contributed by atoms with Gasteiger partial charge in [0.1, 0.15) is 0 Å². The van der Waals surface area contributed by atoms with Gasteiger partial charge in [0, 0.05) is 13.1 Å². The van der Waals surface area contributed by atoms with E-state index in [4.69, 9.17) is 9.52 Å². The van der Waals surface area contributed by atoms with E-state index in [-0.39, 0.29) is 12.6 Å². The molecule has 0 aromatic carbocycles. The zero-order valence-electron chi connectivity index (χ0n) is 10.7. The van der Waals surface area contributed by atoms with E-state index in [2.05, 4.69) is 5.32 Å². The van der Waals surface area contributed by atoms with Crippen molar-refractivity contribution in [3.8, 4) is 0 Å². The summed E-state index contributed by atoms with van der Waals surface area (Å²) in [6.07, 6.45) is 1.81. The molecule has 8 nitrogen and oxygen atoms in total. The van der Waals surface area contributed by atoms with Crippen molar-refractivity contribution in [2.45, 2.75) is 24.0 Å². The molecule has 0 atom stereocenters. The number of amides is 1. The second-order valence-electron chi connectivity index (χ2n) is 4.53. The van der Waals surface area contributed by atoms with E-state index in [0.717, 1.165) is 29.3 Å². The van der Waals surface area contributed by atoms with Crippen LogP contribution in [0.1, 0.15) is 23.4 Å². The number of rotatable bonds is 6. The first-order valence-electron chi connectivity index (χ1n) is 5.89. The predicted molar refractivity (Wildman–Crippen MR) is 66.6 cm³/mol. The van der Waals surface area contributed by atoms with Crippen LogP contribution in [-0.4, -0.2) is 49.3 Å². The first-order valence-corrected chi connectivity index (χ1v) is 7.33. The summed E-state index contributed by atoms with van der Waals surface area (Å²) in [5, 5.41) is 10.8. The maximum atomic E-state index is 12.1. The number of hydrogen-bond donors (Lipinski definition) is 2. The lowest BCUT2D eigenvalue weighted by Gasteiger charge is -2.14. The quantitative estimate of drug-likeness (QED) is 0.756. The SMILES string of the molecule is CN(CC(=O)NC1CC1)S(=O)(=O)c1ccc(C(=O)O)o1. The van der Waals surface area contributed by atoms with Gasteiger partial charge in [0.15, 0.2) is 0 Å². The van der Waals surface area contributed by atoms with Crippen LogP contribution in [0.3, 0.4) is 0 Å². The molecule has 0 aliphatic heterocycles. The van der Waals surface area contributed by atoms with Crippen LogP contribution in [-0.2, 0) is 14.8 Å². The summed E-state index contributed by atoms with van der Waals surface area (Å²) < 4.78 is 29.7. The fourth-order valence-corrected chi connectivity index (χ4v) is 2.55. The van der Waals surface area contributed by atoms with E-state index in [1.807, 2.05) is 0 Å². The Bertz CT molecular complexity index is 631. The zero-order valence-corrected chi connectivity index (χ0v) is 11.5. The average molecular weight is 302 g/mol. The van der Waals surface area contributed by atoms with Crippen molar-refractivity contribution in [2.75, 3.05) is 13.6 Å². The molecule has 1 fully saturated rings. The van der Waals surface area contributed by atoms with Gasteiger partial charge in [0.2, 0.25) is 16.8 Å². The number of carboxylic acid groups (broad SMARTS) is 1. The molecule has 110 valence electrons. The molecule has 1 aliphatic carbocycles. The molecule has 0 radical (unpaired) electrons. The molecule has 1 aromatic heterocycles. The van der Waals surface area contributed by atoms with Gasteiger partial charge in [-0.3, -0.25) is 4.79 Å². The van der Waals surface area contributed by atoms with Crippen molar-refractivity contribution < 1.29 is 27.5 Å². The van der Waals surface area contributed by atoms with E-state index in [1.54, 1.807) is 0 Å². The summed E-state index contributed by atoms with van der Waals surface area (Å²) in [6, 6.07) is 2.24. The smallest absolute Gasteiger partial charge is 0.371 e. The number of carbonyl (C=O) groups is 2. The highest BCUT2D eigenvalue weighted by Gasteiger charge is 2.29. The summed E-state index contributed by atoms with van der Waals surface area (Å²) in [6.45, 7) is -0.345. The Hall–Kier alpha value is -1.87. The van der Waals surface area contributed by atoms with Gasteiger partial charge in [0.05, 0.1) is 6.54 Å². The molecular weight excluding hydrogens is 288 g/mol. The average Bonchev–Trinajstić information content (AvgIpc) is 3.00. The lowest BCUT2D eigenvalue weighted by molar-refractivity contribution is -0.121. The van der Waals surface area contributed by atoms with Crippen LogP contribution in [0.2, 0.25) is 0 Å². The Morgan fingerprint density at radius 2 is 2.10 bits per heavy atom. The van der Waals surface area contributed by atoms with Gasteiger partial charge < -0.3 is 14.8 Å². The molecule has 0 saturated heterocycles. The van der Waals surface area contributed by atoms with Crippen molar-refractivity contribution in [3.63, 3.8) is 0 Å². The summed E-state index contributed by atoms with van der Waals surface area (Å²) >= 11 is 0. The number of hydrogen-bond acceptors (Lipinski definition) is 5. The van der Waals surface area contributed by atoms with Crippen LogP contribution < -0.4 is 5.32 Å². The van der Waals surface area contributed by atoms with Gasteiger partial charge in [-0.05, 0) is 25.0 Å². The van der Waals surface area contributed by atoms with Crippen molar-refractivity contribution >= 4 is 21.9 Å². The highest BCUT2D eigenvalue weighted by Crippen LogP contribution is 2.20. The minimum absolute atomic E-state index is 0.140. The van der Waals surface area contributed by atoms with Crippen molar-refractivity contribution in [3.05, 3.63) is 17.9 Å². The fraction of sp³-hybridized carbons (Fsp3) is 0.455. The molecule has 20 heavy (non-hydrogen) atoms. The van der Waals surface area contributed by atoms with Crippen LogP contribution in [0, 0.1) is 0 Å². The van der Waals surface area contributed by atoms with Gasteiger partial charge in [-0.2, -0.15) is 4.31 Å². The maximum Gasteiger partial charge on any atom is 0.371 e. The second-order valence-corrected chi connectivity index (χ2v) is 6.50. The Morgan fingerprint density at radius 3 is 2.60 bits per heavy atom. The molecule has 1 aromatic rings. The molecule has 1 amide bonds. The van der Waals surface area contributed by atoms with Crippen LogP contribution in [0.5, 0.6) is 0 Å². The maximum absolute atomic E-state index is 12.1. The van der Waals surface area contributed by atoms with Crippen LogP contribution >= 0.6 is 0 Å². The minimum Gasteiger partial charge on any atom is -0.475 e. The Balaban J connectivity index is 2.07. The monoisotopic (exact) mass is 302 g/mol. The standard InChI is InChI=1S/C11H14N2O6S/c1-13(6-9(14)12-7-2-3-7)20(17,18)10-5-4-8(19-10)11(15)16/h4-5,7H,2-3,6H2,1H3,(H,12,14)(H,15,16). The Labute approximate surface area is 115 Å². The second kappa shape index (κ2) is 5.25. The zero-order chi connectivity index (χ0) is 14.9. The molecule has 1 heterocycles. The molecule has 1 aliphatic rings. The number of carbonyl (C=O) groups excluding carboxylic acids is 1. The van der Waals surface area contributed by atoms with Crippen molar-refractivity contribution in [1.29, 1.82) is 0 Å². The molecule has 9 heteroatoms. The van der Waals surface area contributed by atoms with Gasteiger partial charge >= 0.3 is 5.97 Å². The van der Waals surface area contributed by atoms with Crippen LogP contribution in [0.4, 0.5) is 0 Å². The van der Waals surface area contributed by atoms with Crippen molar-refractivity contribution in [1.82, 2.24) is 9.62 Å². The van der Waals surface area contributed by atoms with Gasteiger partial charge in [-0.15, -0.1) is 0 Å². The number of likely N-dealkylation sites (N-methyl/N-ethyl adjacent to an activating group) is 1. The molecule has 2 rings (SSSR count). The van der Waals surface area contributed by atoms with E-state index < -0.39 is 32.8 Å². The molecule has 0 bridgehead atoms. The number of nitrogens with one attached hydrogen (secondary N) is 1. The third-order valence-corrected chi connectivity index (χ3v) is 4.44. The topological polar surface area (TPSA) is 117 Å². The predicted octanol–water partition coefficient (Wildman–Crippen LogP) is -0.123. The number of nitrogens with zero attached hydrogens (tertiary/aromatic N) is 1. The van der Waals surface area contributed by atoms with Crippen LogP contribution in [0.15, 0.2) is 21.6 Å². The highest BCUT2D eigenvalue weighted by atomic mass is 32.2. The number of furan rings is 1. The summed E-state index contributed by atoms with van der Waals surface area (Å²) in [4.78, 5) is 22.2. The van der Waals surface area contributed by atoms with E-state index in [1.165, 1.54) is 7.05 Å². The third kappa shape index (κ3) is 3.17. The van der Waals surface area contributed by atoms with Gasteiger partial charge in [-0.1, -0.05) is 0 Å². The van der Waals surface area contributed by atoms with E-state index in [0.29, 0.717) is 0 Å². The van der Waals surface area contributed by atoms with Gasteiger partial charge in [-0.25, -0.2) is 13.2 Å². The summed E-state index contributed by atoms with van der Waals surface area (Å²) in [5.41, 5.74) is 0. The Morgan fingerprint density at radius 1 is 1.45 bits per heavy atom. The first kappa shape index (κ1) is 14.5. The number of carboxylic acids is 1. The molecular formula is C11H14N2O6S. The number of sulfonamides is 1. The minimum atomic E-state index is -4.02. The first-order chi connectivity index (χ1) is 9.30. The number of aromatic carboxylic acids is 1. The normalized spacial score (nSPS) is 15.3. The largest absolute Gasteiger partial charge is 0.475 e. The lowest BCUT2D eigenvalue weighted by atomic mass is 10.5. The highest BCUT2D eigenvalue weighted by molar-refractivity contribution is 7.89. The van der Waals surface area contributed by atoms with Crippen LogP contribution in [0.25, 0.3) is 0 Å². The molecule has 0 unspecified atom stereocenters. The third-order valence-electron chi connectivity index (χ3n) is 2.77. The van der Waals surface area contributed by atoms with E-state index in [9.17, 15) is 18.0 Å². The fourth-order valence-electron chi connectivity index (χ4n) is 1.52. The molecule has 2 N–H and O–H groups in total. The van der Waals surface area contributed by atoms with Crippen molar-refractivity contribution in [2.24, 2.45) is 0 Å². The summed E-state index contributed by atoms with van der Waals surface area (Å²) in [5.74, 6) is -2.23. The Kier molecular flexibility index (Phi) is 3.82. The summed E-state index contributed by atoms with van der Waals surface area (Å²) in [7, 11) is -2.79. The van der Waals surface area contributed by atoms with Gasteiger partial charge in [0.25, 0.3) is 10.0 Å².